The molecule has 0 aromatic heterocycles. The molecule has 1 aromatic rings. The number of hydrogen-bond acceptors (Lipinski definition) is 3. The molecule has 1 rings (SSSR count). The Kier molecular flexibility index (Phi) is 7.49. The van der Waals surface area contributed by atoms with Gasteiger partial charge in [0.1, 0.15) is 0 Å². The highest BCUT2D eigenvalue weighted by Crippen LogP contribution is 2.20. The van der Waals surface area contributed by atoms with Gasteiger partial charge in [-0.1, -0.05) is 13.8 Å². The number of hydrogen-bond donors (Lipinski definition) is 2. The molecule has 0 aliphatic rings. The summed E-state index contributed by atoms with van der Waals surface area (Å²) in [6.07, 6.45) is 0.964. The Morgan fingerprint density at radius 2 is 2.05 bits per heavy atom. The van der Waals surface area contributed by atoms with Crippen molar-refractivity contribution in [3.63, 3.8) is 0 Å². The number of rotatable bonds is 7. The fraction of sp³-hybridized carbons (Fsp3) is 0.500. The molecule has 1 aromatic carbocycles. The smallest absolute Gasteiger partial charge is 0.252 e. The lowest BCUT2D eigenvalue weighted by Crippen LogP contribution is -2.30. The second-order valence-corrected chi connectivity index (χ2v) is 5.67. The van der Waals surface area contributed by atoms with Crippen LogP contribution in [0.3, 0.4) is 0 Å². The molecule has 0 unspecified atom stereocenters. The standard InChI is InChI=1S/C14H21BrN2OS/c1-3-17(4-2)9-5-8-16-14(18)12-10-11(19)6-7-13(12)15/h6-7,10,19H,3-5,8-9H2,1-2H3,(H,16,18). The number of carbonyl (C=O) groups excluding carboxylic acids is 1. The Hall–Kier alpha value is -0.520. The average molecular weight is 345 g/mol. The third kappa shape index (κ3) is 5.55. The Morgan fingerprint density at radius 3 is 2.68 bits per heavy atom. The van der Waals surface area contributed by atoms with Crippen LogP contribution in [0.2, 0.25) is 0 Å². The summed E-state index contributed by atoms with van der Waals surface area (Å²) in [5.41, 5.74) is 0.635. The fourth-order valence-corrected chi connectivity index (χ4v) is 2.46. The van der Waals surface area contributed by atoms with Crippen molar-refractivity contribution in [3.05, 3.63) is 28.2 Å². The SMILES string of the molecule is CCN(CC)CCCNC(=O)c1cc(S)ccc1Br. The first-order chi connectivity index (χ1) is 9.08. The van der Waals surface area contributed by atoms with Crippen molar-refractivity contribution in [2.45, 2.75) is 25.2 Å². The molecular weight excluding hydrogens is 324 g/mol. The first kappa shape index (κ1) is 16.5. The van der Waals surface area contributed by atoms with Crippen molar-refractivity contribution in [3.8, 4) is 0 Å². The fourth-order valence-electron chi connectivity index (χ4n) is 1.83. The topological polar surface area (TPSA) is 32.3 Å². The Bertz CT molecular complexity index is 422. The summed E-state index contributed by atoms with van der Waals surface area (Å²) in [6, 6.07) is 5.46. The molecule has 19 heavy (non-hydrogen) atoms. The largest absolute Gasteiger partial charge is 0.352 e. The van der Waals surface area contributed by atoms with E-state index in [1.807, 2.05) is 12.1 Å². The van der Waals surface area contributed by atoms with Crippen LogP contribution in [0.4, 0.5) is 0 Å². The summed E-state index contributed by atoms with van der Waals surface area (Å²) in [6.45, 7) is 8.11. The van der Waals surface area contributed by atoms with E-state index in [1.165, 1.54) is 0 Å². The van der Waals surface area contributed by atoms with Gasteiger partial charge in [-0.2, -0.15) is 0 Å². The van der Waals surface area contributed by atoms with Gasteiger partial charge in [-0.05, 0) is 60.2 Å². The maximum atomic E-state index is 12.0. The van der Waals surface area contributed by atoms with Crippen LogP contribution in [-0.4, -0.2) is 37.0 Å². The molecule has 5 heteroatoms. The van der Waals surface area contributed by atoms with Gasteiger partial charge in [0, 0.05) is 15.9 Å². The normalized spacial score (nSPS) is 10.8. The van der Waals surface area contributed by atoms with Gasteiger partial charge >= 0.3 is 0 Å². The summed E-state index contributed by atoms with van der Waals surface area (Å²) in [5.74, 6) is -0.0534. The summed E-state index contributed by atoms with van der Waals surface area (Å²) in [5, 5.41) is 2.94. The van der Waals surface area contributed by atoms with E-state index in [0.29, 0.717) is 12.1 Å². The zero-order chi connectivity index (χ0) is 14.3. The number of carbonyl (C=O) groups is 1. The van der Waals surface area contributed by atoms with E-state index < -0.39 is 0 Å². The monoisotopic (exact) mass is 344 g/mol. The maximum Gasteiger partial charge on any atom is 0.252 e. The highest BCUT2D eigenvalue weighted by atomic mass is 79.9. The van der Waals surface area contributed by atoms with Crippen molar-refractivity contribution < 1.29 is 4.79 Å². The van der Waals surface area contributed by atoms with Crippen molar-refractivity contribution in [2.75, 3.05) is 26.2 Å². The third-order valence-electron chi connectivity index (χ3n) is 3.03. The minimum absolute atomic E-state index is 0.0534. The number of nitrogens with one attached hydrogen (secondary N) is 1. The van der Waals surface area contributed by atoms with Gasteiger partial charge in [-0.15, -0.1) is 12.6 Å². The zero-order valence-electron chi connectivity index (χ0n) is 11.4. The van der Waals surface area contributed by atoms with Gasteiger partial charge in [-0.25, -0.2) is 0 Å². The molecule has 106 valence electrons. The number of nitrogens with zero attached hydrogens (tertiary/aromatic N) is 1. The van der Waals surface area contributed by atoms with Crippen LogP contribution in [-0.2, 0) is 0 Å². The first-order valence-corrected chi connectivity index (χ1v) is 7.81. The number of amides is 1. The second kappa shape index (κ2) is 8.61. The molecule has 0 fully saturated rings. The summed E-state index contributed by atoms with van der Waals surface area (Å²) >= 11 is 7.63. The molecule has 1 N–H and O–H groups in total. The predicted molar refractivity (Wildman–Crippen MR) is 86.1 cm³/mol. The van der Waals surface area contributed by atoms with E-state index in [2.05, 4.69) is 52.6 Å². The van der Waals surface area contributed by atoms with Gasteiger partial charge < -0.3 is 10.2 Å². The molecule has 0 aliphatic heterocycles. The van der Waals surface area contributed by atoms with E-state index in [0.717, 1.165) is 35.4 Å². The van der Waals surface area contributed by atoms with E-state index in [9.17, 15) is 4.79 Å². The Labute approximate surface area is 129 Å². The van der Waals surface area contributed by atoms with E-state index in [4.69, 9.17) is 0 Å². The van der Waals surface area contributed by atoms with Crippen LogP contribution in [0.15, 0.2) is 27.6 Å². The van der Waals surface area contributed by atoms with E-state index in [-0.39, 0.29) is 5.91 Å². The highest BCUT2D eigenvalue weighted by Gasteiger charge is 2.09. The van der Waals surface area contributed by atoms with Gasteiger partial charge in [0.05, 0.1) is 5.56 Å². The minimum Gasteiger partial charge on any atom is -0.352 e. The number of benzene rings is 1. The second-order valence-electron chi connectivity index (χ2n) is 4.30. The molecule has 0 spiro atoms. The van der Waals surface area contributed by atoms with Crippen molar-refractivity contribution >= 4 is 34.5 Å². The van der Waals surface area contributed by atoms with Crippen LogP contribution < -0.4 is 5.32 Å². The van der Waals surface area contributed by atoms with Crippen LogP contribution >= 0.6 is 28.6 Å². The predicted octanol–water partition coefficient (Wildman–Crippen LogP) is 3.20. The molecule has 0 aliphatic carbocycles. The average Bonchev–Trinajstić information content (AvgIpc) is 2.41. The highest BCUT2D eigenvalue weighted by molar-refractivity contribution is 9.10. The molecule has 0 radical (unpaired) electrons. The lowest BCUT2D eigenvalue weighted by Gasteiger charge is -2.17. The molecule has 3 nitrogen and oxygen atoms in total. The van der Waals surface area contributed by atoms with E-state index in [1.54, 1.807) is 6.07 Å². The lowest BCUT2D eigenvalue weighted by atomic mass is 10.2. The summed E-state index contributed by atoms with van der Waals surface area (Å²) in [7, 11) is 0. The van der Waals surface area contributed by atoms with Crippen molar-refractivity contribution in [1.82, 2.24) is 10.2 Å². The molecule has 0 saturated carbocycles. The molecule has 0 bridgehead atoms. The molecule has 0 saturated heterocycles. The Morgan fingerprint density at radius 1 is 1.37 bits per heavy atom. The van der Waals surface area contributed by atoms with Gasteiger partial charge in [0.15, 0.2) is 0 Å². The van der Waals surface area contributed by atoms with Crippen LogP contribution in [0.5, 0.6) is 0 Å². The quantitative estimate of drug-likeness (QED) is 0.588. The minimum atomic E-state index is -0.0534. The first-order valence-electron chi connectivity index (χ1n) is 6.57. The summed E-state index contributed by atoms with van der Waals surface area (Å²) < 4.78 is 0.798. The Balaban J connectivity index is 2.41. The van der Waals surface area contributed by atoms with Gasteiger partial charge in [-0.3, -0.25) is 4.79 Å². The van der Waals surface area contributed by atoms with Crippen molar-refractivity contribution in [2.24, 2.45) is 0 Å². The van der Waals surface area contributed by atoms with E-state index >= 15 is 0 Å². The number of thiol groups is 1. The van der Waals surface area contributed by atoms with Crippen LogP contribution in [0.1, 0.15) is 30.6 Å². The zero-order valence-corrected chi connectivity index (χ0v) is 13.9. The van der Waals surface area contributed by atoms with Crippen LogP contribution in [0, 0.1) is 0 Å². The molecule has 0 atom stereocenters. The van der Waals surface area contributed by atoms with Gasteiger partial charge in [0.2, 0.25) is 0 Å². The third-order valence-corrected chi connectivity index (χ3v) is 4.00. The molecule has 1 amide bonds. The molecular formula is C14H21BrN2OS. The lowest BCUT2D eigenvalue weighted by molar-refractivity contribution is 0.0951. The number of halogens is 1. The van der Waals surface area contributed by atoms with Crippen molar-refractivity contribution in [1.29, 1.82) is 0 Å². The molecule has 0 heterocycles. The maximum absolute atomic E-state index is 12.0. The van der Waals surface area contributed by atoms with Crippen LogP contribution in [0.25, 0.3) is 0 Å². The van der Waals surface area contributed by atoms with Gasteiger partial charge in [0.25, 0.3) is 5.91 Å². The summed E-state index contributed by atoms with van der Waals surface area (Å²) in [4.78, 5) is 15.1.